The fraction of sp³-hybridized carbons (Fsp3) is 0.800. The van der Waals surface area contributed by atoms with Crippen molar-refractivity contribution in [2.24, 2.45) is 11.6 Å². The van der Waals surface area contributed by atoms with Crippen LogP contribution in [0.4, 0.5) is 0 Å². The monoisotopic (exact) mass is 125 g/mol. The molecule has 0 aliphatic heterocycles. The van der Waals surface area contributed by atoms with E-state index in [4.69, 9.17) is 13.6 Å². The van der Waals surface area contributed by atoms with Gasteiger partial charge in [-0.15, -0.1) is 0 Å². The van der Waals surface area contributed by atoms with Gasteiger partial charge in [0.25, 0.3) is 0 Å². The SMILES string of the molecule is [2H][13C]([13CH3])([13CH3])[13C@]([2H])([15NH2])[13C](=O)O. The highest BCUT2D eigenvalue weighted by atomic mass is 16.5. The van der Waals surface area contributed by atoms with E-state index >= 15 is 0 Å². The van der Waals surface area contributed by atoms with E-state index in [1.807, 2.05) is 0 Å². The Morgan fingerprint density at radius 2 is 2.25 bits per heavy atom. The lowest BCUT2D eigenvalue weighted by Crippen LogP contribution is -2.34. The summed E-state index contributed by atoms with van der Waals surface area (Å²) >= 11 is 0. The lowest BCUT2D eigenvalue weighted by Gasteiger charge is -2.07. The van der Waals surface area contributed by atoms with E-state index in [0.29, 0.717) is 0 Å². The third-order valence-electron chi connectivity index (χ3n) is 0.769. The van der Waals surface area contributed by atoms with Crippen LogP contribution in [0.3, 0.4) is 0 Å². The third kappa shape index (κ3) is 1.93. The molecule has 0 aliphatic carbocycles. The average Bonchev–Trinajstić information content (AvgIpc) is 1.62. The first-order chi connectivity index (χ1) is 4.19. The van der Waals surface area contributed by atoms with E-state index < -0.39 is 17.9 Å². The number of rotatable bonds is 2. The Balaban J connectivity index is 4.57. The molecular formula is C5H11NO2. The van der Waals surface area contributed by atoms with E-state index in [2.05, 4.69) is 0 Å². The van der Waals surface area contributed by atoms with Gasteiger partial charge in [-0.05, 0) is 5.89 Å². The normalized spacial score (nSPS) is 22.9. The van der Waals surface area contributed by atoms with Gasteiger partial charge in [0.15, 0.2) is 0 Å². The Bertz CT molecular complexity index is 150. The van der Waals surface area contributed by atoms with E-state index in [1.54, 1.807) is 0 Å². The maximum atomic E-state index is 10.2. The first-order valence-corrected chi connectivity index (χ1v) is 2.22. The van der Waals surface area contributed by atoms with Gasteiger partial charge < -0.3 is 10.8 Å². The second-order valence-electron chi connectivity index (χ2n) is 1.72. The lowest BCUT2D eigenvalue weighted by atomic mass is 11.1. The number of aliphatic carboxylic acids is 1. The van der Waals surface area contributed by atoms with Gasteiger partial charge in [0.2, 0.25) is 0 Å². The summed E-state index contributed by atoms with van der Waals surface area (Å²) in [6, 6.07) is -2.23. The molecule has 48 valence electrons. The molecule has 0 unspecified atom stereocenters. The molecule has 0 bridgehead atoms. The van der Waals surface area contributed by atoms with Crippen molar-refractivity contribution in [1.82, 2.24) is 0 Å². The second kappa shape index (κ2) is 2.67. The minimum absolute atomic E-state index is 1.29. The van der Waals surface area contributed by atoms with Gasteiger partial charge in [0.05, 0.1) is 1.37 Å². The molecule has 1 atom stereocenters. The minimum atomic E-state index is -2.23. The minimum Gasteiger partial charge on any atom is -0.480 e. The van der Waals surface area contributed by atoms with Crippen LogP contribution in [0, 0.1) is 5.89 Å². The molecule has 0 saturated heterocycles. The highest BCUT2D eigenvalue weighted by Crippen LogP contribution is 1.96. The van der Waals surface area contributed by atoms with Gasteiger partial charge in [-0.3, -0.25) is 4.79 Å². The summed E-state index contributed by atoms with van der Waals surface area (Å²) < 4.78 is 14.2. The third-order valence-corrected chi connectivity index (χ3v) is 0.769. The fourth-order valence-electron chi connectivity index (χ4n) is 0.214. The number of carbonyl (C=O) groups is 1. The summed E-state index contributed by atoms with van der Waals surface area (Å²) in [5.41, 5.74) is 5.02. The smallest absolute Gasteiger partial charge is 0.320 e. The van der Waals surface area contributed by atoms with Gasteiger partial charge >= 0.3 is 5.97 Å². The van der Waals surface area contributed by atoms with Crippen LogP contribution in [-0.4, -0.2) is 17.1 Å². The van der Waals surface area contributed by atoms with Crippen molar-refractivity contribution in [2.45, 2.75) is 19.9 Å². The number of carboxylic acids is 1. The molecule has 0 heterocycles. The summed E-state index contributed by atoms with van der Waals surface area (Å²) in [6.45, 7) is 2.57. The zero-order valence-electron chi connectivity index (χ0n) is 6.93. The van der Waals surface area contributed by atoms with Crippen molar-refractivity contribution in [2.75, 3.05) is 0 Å². The van der Waals surface area contributed by atoms with Gasteiger partial charge in [-0.1, -0.05) is 13.8 Å². The van der Waals surface area contributed by atoms with Crippen LogP contribution >= 0.6 is 0 Å². The van der Waals surface area contributed by atoms with Crippen molar-refractivity contribution in [3.8, 4) is 0 Å². The molecule has 0 amide bonds. The van der Waals surface area contributed by atoms with Crippen molar-refractivity contribution < 1.29 is 12.6 Å². The van der Waals surface area contributed by atoms with E-state index in [9.17, 15) is 4.79 Å². The van der Waals surface area contributed by atoms with Crippen molar-refractivity contribution >= 4 is 5.97 Å². The molecule has 0 aromatic carbocycles. The van der Waals surface area contributed by atoms with Crippen LogP contribution in [0.5, 0.6) is 0 Å². The van der Waals surface area contributed by atoms with E-state index in [-0.39, 0.29) is 0 Å². The Kier molecular flexibility index (Phi) is 1.44. The largest absolute Gasteiger partial charge is 0.480 e. The zero-order valence-corrected chi connectivity index (χ0v) is 4.93. The summed E-state index contributed by atoms with van der Waals surface area (Å²) in [5, 5.41) is 8.34. The molecule has 0 aliphatic rings. The molecule has 0 aromatic heterocycles. The Morgan fingerprint density at radius 1 is 1.88 bits per heavy atom. The molecule has 0 spiro atoms. The molecule has 8 heavy (non-hydrogen) atoms. The number of hydrogen-bond donors (Lipinski definition) is 2. The highest BCUT2D eigenvalue weighted by molar-refractivity contribution is 5.73. The van der Waals surface area contributed by atoms with Crippen LogP contribution in [0.2, 0.25) is 0 Å². The molecule has 3 heteroatoms. The Hall–Kier alpha value is -0.570. The molecule has 0 rings (SSSR count). The van der Waals surface area contributed by atoms with Crippen LogP contribution in [0.1, 0.15) is 16.6 Å². The molecule has 0 radical (unpaired) electrons. The molecule has 3 nitrogen and oxygen atoms in total. The van der Waals surface area contributed by atoms with Crippen LogP contribution < -0.4 is 5.73 Å². The standard InChI is InChI=1S/C5H11NO2/c1-3(2)4(6)5(7)8/h3-4H,6H2,1-2H3,(H,7,8)/t4-/m0/s1/i1+1,2+1,3+1D,4+1D,5+1,6+1. The molecule has 3 N–H and O–H groups in total. The van der Waals surface area contributed by atoms with Crippen molar-refractivity contribution in [3.05, 3.63) is 0 Å². The molecule has 0 fully saturated rings. The van der Waals surface area contributed by atoms with Crippen LogP contribution in [0.15, 0.2) is 0 Å². The summed E-state index contributed by atoms with van der Waals surface area (Å²) in [4.78, 5) is 10.2. The first-order valence-electron chi connectivity index (χ1n) is 3.22. The Labute approximate surface area is 51.3 Å². The number of hydrogen-bond acceptors (Lipinski definition) is 2. The summed E-state index contributed by atoms with van der Waals surface area (Å²) in [7, 11) is 0. The summed E-state index contributed by atoms with van der Waals surface area (Å²) in [6.07, 6.45) is 0. The van der Waals surface area contributed by atoms with Crippen LogP contribution in [0.25, 0.3) is 0 Å². The fourth-order valence-corrected chi connectivity index (χ4v) is 0.214. The van der Waals surface area contributed by atoms with Crippen molar-refractivity contribution in [1.29, 1.82) is 0 Å². The predicted molar refractivity (Wildman–Crippen MR) is 30.4 cm³/mol. The second-order valence-corrected chi connectivity index (χ2v) is 1.72. The molecular weight excluding hydrogens is 112 g/mol. The molecule has 0 aromatic rings. The van der Waals surface area contributed by atoms with Crippen LogP contribution in [-0.2, 0) is 4.79 Å². The topological polar surface area (TPSA) is 63.3 Å². The van der Waals surface area contributed by atoms with Crippen molar-refractivity contribution in [3.63, 3.8) is 0 Å². The Morgan fingerprint density at radius 3 is 2.25 bits per heavy atom. The molecule has 0 saturated carbocycles. The van der Waals surface area contributed by atoms with E-state index in [0.717, 1.165) is 0 Å². The van der Waals surface area contributed by atoms with Gasteiger partial charge in [-0.25, -0.2) is 0 Å². The lowest BCUT2D eigenvalue weighted by molar-refractivity contribution is -0.139. The van der Waals surface area contributed by atoms with Gasteiger partial charge in [-0.2, -0.15) is 0 Å². The van der Waals surface area contributed by atoms with Gasteiger partial charge in [0.1, 0.15) is 6.02 Å². The summed E-state index contributed by atoms with van der Waals surface area (Å²) in [5.74, 6) is -2.97. The number of carboxylic acid groups (broad SMARTS) is 1. The van der Waals surface area contributed by atoms with Gasteiger partial charge in [0, 0.05) is 1.37 Å². The van der Waals surface area contributed by atoms with E-state index in [1.165, 1.54) is 13.8 Å². The highest BCUT2D eigenvalue weighted by Gasteiger charge is 2.14. The maximum Gasteiger partial charge on any atom is 0.320 e. The zero-order chi connectivity index (χ0) is 8.58. The maximum absolute atomic E-state index is 10.2. The quantitative estimate of drug-likeness (QED) is 0.405. The first kappa shape index (κ1) is 4.32. The average molecular weight is 125 g/mol. The number of nitrogens with two attached hydrogens (primary N) is 1. The predicted octanol–water partition coefficient (Wildman–Crippen LogP) is 0.0543.